The molecule has 0 saturated heterocycles. The Morgan fingerprint density at radius 2 is 1.91 bits per heavy atom. The molecule has 0 fully saturated rings. The monoisotopic (exact) mass is 331 g/mol. The highest BCUT2D eigenvalue weighted by Crippen LogP contribution is 2.25. The second-order valence-electron chi connectivity index (χ2n) is 5.15. The molecular weight excluding hydrogens is 317 g/mol. The fraction of sp³-hybridized carbons (Fsp3) is 0.176. The van der Waals surface area contributed by atoms with Crippen LogP contribution in [-0.2, 0) is 6.54 Å². The molecule has 3 rings (SSSR count). The summed E-state index contributed by atoms with van der Waals surface area (Å²) in [5.41, 5.74) is 1.73. The number of aromatic nitrogens is 2. The van der Waals surface area contributed by atoms with Crippen molar-refractivity contribution >= 4 is 11.6 Å². The second-order valence-corrected chi connectivity index (χ2v) is 5.59. The number of nitrogens with zero attached hydrogens (tertiary/aromatic N) is 2. The summed E-state index contributed by atoms with van der Waals surface area (Å²) in [7, 11) is 0. The Kier molecular flexibility index (Phi) is 4.69. The molecule has 0 aliphatic heterocycles. The first-order valence-electron chi connectivity index (χ1n) is 7.15. The van der Waals surface area contributed by atoms with Gasteiger partial charge in [-0.05, 0) is 35.4 Å². The van der Waals surface area contributed by atoms with E-state index in [1.54, 1.807) is 19.1 Å². The zero-order chi connectivity index (χ0) is 16.2. The van der Waals surface area contributed by atoms with Gasteiger partial charge >= 0.3 is 0 Å². The molecule has 1 N–H and O–H groups in total. The SMILES string of the molecule is Cc1nc(CN[C@@H](c2cccc(F)c2)c2cccc(Cl)c2)no1. The highest BCUT2D eigenvalue weighted by Gasteiger charge is 2.16. The molecule has 4 nitrogen and oxygen atoms in total. The van der Waals surface area contributed by atoms with Crippen LogP contribution in [-0.4, -0.2) is 10.1 Å². The lowest BCUT2D eigenvalue weighted by molar-refractivity contribution is 0.384. The molecule has 6 heteroatoms. The standard InChI is InChI=1S/C17H15ClFN3O/c1-11-21-16(22-23-11)10-20-17(12-4-2-6-14(18)8-12)13-5-3-7-15(19)9-13/h2-9,17,20H,10H2,1H3/t17-/m1/s1. The second kappa shape index (κ2) is 6.89. The average molecular weight is 332 g/mol. The Hall–Kier alpha value is -2.24. The largest absolute Gasteiger partial charge is 0.340 e. The van der Waals surface area contributed by atoms with Crippen LogP contribution in [0.4, 0.5) is 4.39 Å². The van der Waals surface area contributed by atoms with Crippen molar-refractivity contribution in [3.05, 3.63) is 82.2 Å². The number of hydrogen-bond donors (Lipinski definition) is 1. The van der Waals surface area contributed by atoms with Crippen LogP contribution >= 0.6 is 11.6 Å². The Labute approximate surface area is 138 Å². The molecular formula is C17H15ClFN3O. The van der Waals surface area contributed by atoms with E-state index in [-0.39, 0.29) is 11.9 Å². The fourth-order valence-corrected chi connectivity index (χ4v) is 2.61. The van der Waals surface area contributed by atoms with Crippen LogP contribution in [0.5, 0.6) is 0 Å². The first-order chi connectivity index (χ1) is 11.1. The van der Waals surface area contributed by atoms with Gasteiger partial charge in [-0.25, -0.2) is 4.39 Å². The van der Waals surface area contributed by atoms with Crippen LogP contribution in [0.3, 0.4) is 0 Å². The summed E-state index contributed by atoms with van der Waals surface area (Å²) in [6.45, 7) is 2.13. The maximum absolute atomic E-state index is 13.6. The van der Waals surface area contributed by atoms with Crippen molar-refractivity contribution in [1.82, 2.24) is 15.5 Å². The summed E-state index contributed by atoms with van der Waals surface area (Å²) in [5, 5.41) is 7.81. The van der Waals surface area contributed by atoms with E-state index in [4.69, 9.17) is 16.1 Å². The van der Waals surface area contributed by atoms with Gasteiger partial charge in [0.05, 0.1) is 12.6 Å². The lowest BCUT2D eigenvalue weighted by Gasteiger charge is -2.19. The zero-order valence-corrected chi connectivity index (χ0v) is 13.2. The maximum Gasteiger partial charge on any atom is 0.223 e. The minimum absolute atomic E-state index is 0.233. The van der Waals surface area contributed by atoms with Crippen LogP contribution in [0, 0.1) is 12.7 Å². The van der Waals surface area contributed by atoms with Crippen LogP contribution in [0.15, 0.2) is 53.1 Å². The van der Waals surface area contributed by atoms with Gasteiger partial charge in [-0.15, -0.1) is 0 Å². The third-order valence-corrected chi connectivity index (χ3v) is 3.63. The third-order valence-electron chi connectivity index (χ3n) is 3.40. The highest BCUT2D eigenvalue weighted by atomic mass is 35.5. The van der Waals surface area contributed by atoms with Gasteiger partial charge in [0, 0.05) is 11.9 Å². The molecule has 0 aliphatic rings. The third kappa shape index (κ3) is 3.94. The normalized spacial score (nSPS) is 12.3. The van der Waals surface area contributed by atoms with E-state index in [1.807, 2.05) is 24.3 Å². The van der Waals surface area contributed by atoms with Crippen molar-refractivity contribution in [2.75, 3.05) is 0 Å². The van der Waals surface area contributed by atoms with E-state index in [1.165, 1.54) is 12.1 Å². The molecule has 1 aromatic heterocycles. The van der Waals surface area contributed by atoms with Crippen LogP contribution in [0.2, 0.25) is 5.02 Å². The zero-order valence-electron chi connectivity index (χ0n) is 12.5. The van der Waals surface area contributed by atoms with Crippen LogP contribution < -0.4 is 5.32 Å². The first kappa shape index (κ1) is 15.6. The molecule has 1 atom stereocenters. The summed E-state index contributed by atoms with van der Waals surface area (Å²) in [6.07, 6.45) is 0. The quantitative estimate of drug-likeness (QED) is 0.766. The van der Waals surface area contributed by atoms with Gasteiger partial charge in [0.1, 0.15) is 5.82 Å². The highest BCUT2D eigenvalue weighted by molar-refractivity contribution is 6.30. The molecule has 0 unspecified atom stereocenters. The van der Waals surface area contributed by atoms with E-state index < -0.39 is 0 Å². The predicted molar refractivity (Wildman–Crippen MR) is 85.6 cm³/mol. The molecule has 0 spiro atoms. The summed E-state index contributed by atoms with van der Waals surface area (Å²) >= 11 is 6.09. The Bertz CT molecular complexity index is 760. The molecule has 0 aliphatic carbocycles. The molecule has 23 heavy (non-hydrogen) atoms. The van der Waals surface area contributed by atoms with Crippen molar-refractivity contribution in [1.29, 1.82) is 0 Å². The van der Waals surface area contributed by atoms with E-state index in [9.17, 15) is 4.39 Å². The van der Waals surface area contributed by atoms with Crippen molar-refractivity contribution in [3.8, 4) is 0 Å². The Morgan fingerprint density at radius 1 is 1.17 bits per heavy atom. The maximum atomic E-state index is 13.6. The summed E-state index contributed by atoms with van der Waals surface area (Å²) in [4.78, 5) is 4.16. The van der Waals surface area contributed by atoms with Gasteiger partial charge in [0.15, 0.2) is 5.82 Å². The molecule has 0 bridgehead atoms. The number of hydrogen-bond acceptors (Lipinski definition) is 4. The van der Waals surface area contributed by atoms with E-state index in [2.05, 4.69) is 15.5 Å². The minimum Gasteiger partial charge on any atom is -0.340 e. The molecule has 0 radical (unpaired) electrons. The number of nitrogens with one attached hydrogen (secondary N) is 1. The molecule has 0 amide bonds. The Morgan fingerprint density at radius 3 is 2.57 bits per heavy atom. The molecule has 0 saturated carbocycles. The molecule has 1 heterocycles. The van der Waals surface area contributed by atoms with Gasteiger partial charge in [-0.2, -0.15) is 4.98 Å². The lowest BCUT2D eigenvalue weighted by atomic mass is 9.98. The summed E-state index contributed by atoms with van der Waals surface area (Å²) in [6, 6.07) is 13.7. The Balaban J connectivity index is 1.89. The van der Waals surface area contributed by atoms with E-state index in [0.717, 1.165) is 11.1 Å². The van der Waals surface area contributed by atoms with Crippen molar-refractivity contribution in [3.63, 3.8) is 0 Å². The number of halogens is 2. The first-order valence-corrected chi connectivity index (χ1v) is 7.53. The fourth-order valence-electron chi connectivity index (χ4n) is 2.41. The average Bonchev–Trinajstić information content (AvgIpc) is 2.93. The molecule has 2 aromatic carbocycles. The summed E-state index contributed by atoms with van der Waals surface area (Å²) < 4.78 is 18.6. The predicted octanol–water partition coefficient (Wildman–Crippen LogP) is 4.05. The van der Waals surface area contributed by atoms with Gasteiger partial charge < -0.3 is 4.52 Å². The van der Waals surface area contributed by atoms with Gasteiger partial charge in [0.25, 0.3) is 0 Å². The topological polar surface area (TPSA) is 51.0 Å². The van der Waals surface area contributed by atoms with Gasteiger partial charge in [-0.1, -0.05) is 41.0 Å². The lowest BCUT2D eigenvalue weighted by Crippen LogP contribution is -2.22. The minimum atomic E-state index is -0.285. The van der Waals surface area contributed by atoms with Crippen molar-refractivity contribution in [2.24, 2.45) is 0 Å². The summed E-state index contributed by atoms with van der Waals surface area (Å²) in [5.74, 6) is 0.768. The number of aryl methyl sites for hydroxylation is 1. The van der Waals surface area contributed by atoms with Gasteiger partial charge in [-0.3, -0.25) is 5.32 Å². The van der Waals surface area contributed by atoms with Gasteiger partial charge in [0.2, 0.25) is 5.89 Å². The molecule has 3 aromatic rings. The number of benzene rings is 2. The van der Waals surface area contributed by atoms with Crippen molar-refractivity contribution in [2.45, 2.75) is 19.5 Å². The number of rotatable bonds is 5. The van der Waals surface area contributed by atoms with E-state index >= 15 is 0 Å². The van der Waals surface area contributed by atoms with E-state index in [0.29, 0.717) is 23.3 Å². The molecule has 118 valence electrons. The van der Waals surface area contributed by atoms with Crippen LogP contribution in [0.1, 0.15) is 28.9 Å². The van der Waals surface area contributed by atoms with Crippen molar-refractivity contribution < 1.29 is 8.91 Å². The van der Waals surface area contributed by atoms with Crippen LogP contribution in [0.25, 0.3) is 0 Å². The smallest absolute Gasteiger partial charge is 0.223 e.